The molecule has 0 aliphatic carbocycles. The van der Waals surface area contributed by atoms with Crippen LogP contribution in [0.1, 0.15) is 25.3 Å². The Kier molecular flexibility index (Phi) is 6.13. The monoisotopic (exact) mass is 389 g/mol. The van der Waals surface area contributed by atoms with Gasteiger partial charge in [0.25, 0.3) is 0 Å². The standard InChI is InChI=1S/C13H13BrFN3OS2/c1-2-4-10(19)16-12-17-18-13(21-12)20-7-8-5-3-6-9(14)11(8)15/h3,5-6H,2,4,7H2,1H3,(H,16,17,19). The Morgan fingerprint density at radius 3 is 3.05 bits per heavy atom. The summed E-state index contributed by atoms with van der Waals surface area (Å²) in [4.78, 5) is 11.4. The summed E-state index contributed by atoms with van der Waals surface area (Å²) in [6.07, 6.45) is 1.25. The smallest absolute Gasteiger partial charge is 0.226 e. The van der Waals surface area contributed by atoms with Crippen LogP contribution in [0, 0.1) is 5.82 Å². The molecule has 0 atom stereocenters. The lowest BCUT2D eigenvalue weighted by atomic mass is 10.2. The number of benzene rings is 1. The van der Waals surface area contributed by atoms with Crippen molar-refractivity contribution in [3.8, 4) is 0 Å². The van der Waals surface area contributed by atoms with Crippen molar-refractivity contribution in [1.29, 1.82) is 0 Å². The van der Waals surface area contributed by atoms with Crippen LogP contribution in [0.3, 0.4) is 0 Å². The van der Waals surface area contributed by atoms with Gasteiger partial charge < -0.3 is 5.32 Å². The van der Waals surface area contributed by atoms with Crippen molar-refractivity contribution in [2.45, 2.75) is 29.9 Å². The fourth-order valence-electron chi connectivity index (χ4n) is 1.53. The lowest BCUT2D eigenvalue weighted by molar-refractivity contribution is -0.116. The summed E-state index contributed by atoms with van der Waals surface area (Å²) in [5.41, 5.74) is 0.598. The van der Waals surface area contributed by atoms with Gasteiger partial charge in [0.1, 0.15) is 5.82 Å². The summed E-state index contributed by atoms with van der Waals surface area (Å²) >= 11 is 5.84. The molecule has 0 bridgehead atoms. The fourth-order valence-corrected chi connectivity index (χ4v) is 3.68. The molecule has 0 aliphatic heterocycles. The highest BCUT2D eigenvalue weighted by molar-refractivity contribution is 9.10. The van der Waals surface area contributed by atoms with Gasteiger partial charge in [0.05, 0.1) is 4.47 Å². The normalized spacial score (nSPS) is 10.6. The lowest BCUT2D eigenvalue weighted by Crippen LogP contribution is -2.10. The minimum absolute atomic E-state index is 0.0664. The highest BCUT2D eigenvalue weighted by Gasteiger charge is 2.10. The van der Waals surface area contributed by atoms with E-state index in [1.165, 1.54) is 23.1 Å². The number of nitrogens with zero attached hydrogens (tertiary/aromatic N) is 2. The number of carbonyl (C=O) groups excluding carboxylic acids is 1. The minimum Gasteiger partial charge on any atom is -0.301 e. The molecule has 1 heterocycles. The van der Waals surface area contributed by atoms with Gasteiger partial charge in [-0.2, -0.15) is 0 Å². The van der Waals surface area contributed by atoms with Crippen LogP contribution in [0.2, 0.25) is 0 Å². The Hall–Kier alpha value is -0.990. The first-order chi connectivity index (χ1) is 10.1. The molecule has 1 amide bonds. The van der Waals surface area contributed by atoms with Crippen molar-refractivity contribution in [2.75, 3.05) is 5.32 Å². The zero-order valence-corrected chi connectivity index (χ0v) is 14.4. The maximum Gasteiger partial charge on any atom is 0.226 e. The molecule has 1 aromatic heterocycles. The van der Waals surface area contributed by atoms with Crippen molar-refractivity contribution < 1.29 is 9.18 Å². The summed E-state index contributed by atoms with van der Waals surface area (Å²) in [5.74, 6) is 0.136. The average Bonchev–Trinajstić information content (AvgIpc) is 2.88. The topological polar surface area (TPSA) is 54.9 Å². The second-order valence-electron chi connectivity index (χ2n) is 4.17. The molecule has 1 aromatic carbocycles. The predicted molar refractivity (Wildman–Crippen MR) is 87.1 cm³/mol. The third kappa shape index (κ3) is 4.76. The number of rotatable bonds is 6. The zero-order chi connectivity index (χ0) is 15.2. The SMILES string of the molecule is CCCC(=O)Nc1nnc(SCc2cccc(Br)c2F)s1. The molecule has 112 valence electrons. The zero-order valence-electron chi connectivity index (χ0n) is 11.2. The van der Waals surface area contributed by atoms with Crippen LogP contribution >= 0.6 is 39.0 Å². The van der Waals surface area contributed by atoms with E-state index in [4.69, 9.17) is 0 Å². The molecule has 0 aliphatic rings. The van der Waals surface area contributed by atoms with Crippen molar-refractivity contribution in [3.05, 3.63) is 34.1 Å². The Morgan fingerprint density at radius 1 is 1.48 bits per heavy atom. The molecule has 2 aromatic rings. The van der Waals surface area contributed by atoms with Gasteiger partial charge in [0.2, 0.25) is 11.0 Å². The van der Waals surface area contributed by atoms with Crippen LogP contribution in [0.5, 0.6) is 0 Å². The molecule has 21 heavy (non-hydrogen) atoms. The van der Waals surface area contributed by atoms with E-state index in [0.29, 0.717) is 31.7 Å². The summed E-state index contributed by atoms with van der Waals surface area (Å²) in [6, 6.07) is 5.19. The van der Waals surface area contributed by atoms with E-state index in [1.807, 2.05) is 6.92 Å². The van der Waals surface area contributed by atoms with Crippen LogP contribution in [0.25, 0.3) is 0 Å². The highest BCUT2D eigenvalue weighted by atomic mass is 79.9. The first-order valence-corrected chi connectivity index (χ1v) is 8.88. The van der Waals surface area contributed by atoms with E-state index in [1.54, 1.807) is 18.2 Å². The Bertz CT molecular complexity index is 636. The molecular formula is C13H13BrFN3OS2. The summed E-state index contributed by atoms with van der Waals surface area (Å²) < 4.78 is 15.0. The maximum absolute atomic E-state index is 13.8. The van der Waals surface area contributed by atoms with Gasteiger partial charge in [-0.1, -0.05) is 42.2 Å². The number of halogens is 2. The Morgan fingerprint density at radius 2 is 2.29 bits per heavy atom. The second kappa shape index (κ2) is 7.86. The Labute approximate surface area is 138 Å². The van der Waals surface area contributed by atoms with E-state index in [-0.39, 0.29) is 11.7 Å². The van der Waals surface area contributed by atoms with E-state index in [0.717, 1.165) is 6.42 Å². The number of anilines is 1. The maximum atomic E-state index is 13.8. The van der Waals surface area contributed by atoms with Gasteiger partial charge in [0.15, 0.2) is 4.34 Å². The number of nitrogens with one attached hydrogen (secondary N) is 1. The van der Waals surface area contributed by atoms with Crippen LogP contribution < -0.4 is 5.32 Å². The predicted octanol–water partition coefficient (Wildman–Crippen LogP) is 4.47. The molecule has 8 heteroatoms. The van der Waals surface area contributed by atoms with E-state index < -0.39 is 0 Å². The molecule has 0 unspecified atom stereocenters. The summed E-state index contributed by atoms with van der Waals surface area (Å²) in [6.45, 7) is 1.94. The van der Waals surface area contributed by atoms with E-state index in [2.05, 4.69) is 31.4 Å². The van der Waals surface area contributed by atoms with Gasteiger partial charge in [-0.05, 0) is 34.0 Å². The molecule has 0 fully saturated rings. The van der Waals surface area contributed by atoms with Crippen LogP contribution in [0.4, 0.5) is 9.52 Å². The van der Waals surface area contributed by atoms with Gasteiger partial charge >= 0.3 is 0 Å². The largest absolute Gasteiger partial charge is 0.301 e. The third-order valence-electron chi connectivity index (χ3n) is 2.51. The quantitative estimate of drug-likeness (QED) is 0.584. The average molecular weight is 390 g/mol. The molecule has 1 N–H and O–H groups in total. The first-order valence-electron chi connectivity index (χ1n) is 6.29. The second-order valence-corrected chi connectivity index (χ2v) is 7.23. The number of hydrogen-bond acceptors (Lipinski definition) is 5. The van der Waals surface area contributed by atoms with Crippen LogP contribution in [-0.4, -0.2) is 16.1 Å². The third-order valence-corrected chi connectivity index (χ3v) is 5.15. The molecule has 2 rings (SSSR count). The number of carbonyl (C=O) groups is 1. The summed E-state index contributed by atoms with van der Waals surface area (Å²) in [7, 11) is 0. The van der Waals surface area contributed by atoms with Crippen molar-refractivity contribution in [3.63, 3.8) is 0 Å². The van der Waals surface area contributed by atoms with Gasteiger partial charge in [-0.3, -0.25) is 4.79 Å². The fraction of sp³-hybridized carbons (Fsp3) is 0.308. The summed E-state index contributed by atoms with van der Waals surface area (Å²) in [5, 5.41) is 11.1. The number of amides is 1. The highest BCUT2D eigenvalue weighted by Crippen LogP contribution is 2.30. The first kappa shape index (κ1) is 16.4. The van der Waals surface area contributed by atoms with Crippen LogP contribution in [0.15, 0.2) is 27.0 Å². The number of thioether (sulfide) groups is 1. The van der Waals surface area contributed by atoms with Crippen LogP contribution in [-0.2, 0) is 10.5 Å². The van der Waals surface area contributed by atoms with Crippen molar-refractivity contribution in [1.82, 2.24) is 10.2 Å². The lowest BCUT2D eigenvalue weighted by Gasteiger charge is -2.02. The van der Waals surface area contributed by atoms with Crippen molar-refractivity contribution in [2.24, 2.45) is 0 Å². The number of aromatic nitrogens is 2. The molecule has 0 spiro atoms. The number of hydrogen-bond donors (Lipinski definition) is 1. The molecule has 4 nitrogen and oxygen atoms in total. The minimum atomic E-state index is -0.258. The van der Waals surface area contributed by atoms with Gasteiger partial charge in [-0.15, -0.1) is 10.2 Å². The van der Waals surface area contributed by atoms with E-state index >= 15 is 0 Å². The van der Waals surface area contributed by atoms with Gasteiger partial charge in [0, 0.05) is 12.2 Å². The van der Waals surface area contributed by atoms with Gasteiger partial charge in [-0.25, -0.2) is 4.39 Å². The molecule has 0 saturated heterocycles. The van der Waals surface area contributed by atoms with E-state index in [9.17, 15) is 9.18 Å². The Balaban J connectivity index is 1.94. The molecule has 0 saturated carbocycles. The molecular weight excluding hydrogens is 377 g/mol. The van der Waals surface area contributed by atoms with Crippen molar-refractivity contribution >= 4 is 50.1 Å². The molecule has 0 radical (unpaired) electrons.